The van der Waals surface area contributed by atoms with E-state index >= 15 is 0 Å². The Hall–Kier alpha value is -1.88. The Balaban J connectivity index is 1.30. The average Bonchev–Trinajstić information content (AvgIpc) is 3.55. The molecule has 0 aliphatic carbocycles. The van der Waals surface area contributed by atoms with Gasteiger partial charge in [-0.2, -0.15) is 0 Å². The quantitative estimate of drug-likeness (QED) is 0.656. The van der Waals surface area contributed by atoms with Gasteiger partial charge in [-0.05, 0) is 42.2 Å². The van der Waals surface area contributed by atoms with Crippen LogP contribution in [0.2, 0.25) is 0 Å². The molecule has 0 bridgehead atoms. The Bertz CT molecular complexity index is 672. The maximum atomic E-state index is 5.79. The zero-order valence-corrected chi connectivity index (χ0v) is 14.5. The van der Waals surface area contributed by atoms with Crippen LogP contribution in [0.15, 0.2) is 48.5 Å². The molecule has 25 heavy (non-hydrogen) atoms. The van der Waals surface area contributed by atoms with Gasteiger partial charge in [-0.3, -0.25) is 0 Å². The van der Waals surface area contributed by atoms with E-state index in [0.29, 0.717) is 19.3 Å². The van der Waals surface area contributed by atoms with E-state index in [1.165, 1.54) is 16.7 Å². The first kappa shape index (κ1) is 16.6. The molecular formula is C21H24O4. The first-order valence-corrected chi connectivity index (χ1v) is 8.93. The number of epoxide rings is 2. The van der Waals surface area contributed by atoms with E-state index in [4.69, 9.17) is 18.9 Å². The normalized spacial score (nSPS) is 22.4. The van der Waals surface area contributed by atoms with Crippen LogP contribution in [0.4, 0.5) is 0 Å². The molecule has 2 aromatic rings. The topological polar surface area (TPSA) is 43.5 Å². The van der Waals surface area contributed by atoms with Crippen LogP contribution >= 0.6 is 0 Å². The molecule has 2 saturated heterocycles. The molecule has 0 radical (unpaired) electrons. The number of hydrogen-bond acceptors (Lipinski definition) is 4. The summed E-state index contributed by atoms with van der Waals surface area (Å²) in [7, 11) is 0. The van der Waals surface area contributed by atoms with Gasteiger partial charge in [0.25, 0.3) is 0 Å². The molecule has 4 rings (SSSR count). The highest BCUT2D eigenvalue weighted by Gasteiger charge is 2.23. The first-order chi connectivity index (χ1) is 12.3. The summed E-state index contributed by atoms with van der Waals surface area (Å²) < 4.78 is 21.8. The molecule has 0 spiro atoms. The molecule has 2 heterocycles. The van der Waals surface area contributed by atoms with Crippen LogP contribution in [-0.2, 0) is 20.6 Å². The van der Waals surface area contributed by atoms with E-state index in [1.807, 2.05) is 12.1 Å². The summed E-state index contributed by atoms with van der Waals surface area (Å²) in [6.07, 6.45) is 1.74. The van der Waals surface area contributed by atoms with Crippen LogP contribution < -0.4 is 4.74 Å². The van der Waals surface area contributed by atoms with Crippen molar-refractivity contribution in [1.29, 1.82) is 0 Å². The summed E-state index contributed by atoms with van der Waals surface area (Å²) in [6.45, 7) is 5.13. The van der Waals surface area contributed by atoms with Crippen LogP contribution in [0.3, 0.4) is 0 Å². The lowest BCUT2D eigenvalue weighted by Gasteiger charge is -2.13. The highest BCUT2D eigenvalue weighted by atomic mass is 16.6. The fourth-order valence-corrected chi connectivity index (χ4v) is 2.76. The molecular weight excluding hydrogens is 316 g/mol. The van der Waals surface area contributed by atoms with Gasteiger partial charge in [0.05, 0.1) is 25.9 Å². The largest absolute Gasteiger partial charge is 0.491 e. The molecule has 3 unspecified atom stereocenters. The summed E-state index contributed by atoms with van der Waals surface area (Å²) in [5, 5.41) is 0. The van der Waals surface area contributed by atoms with Gasteiger partial charge in [-0.15, -0.1) is 0 Å². The van der Waals surface area contributed by atoms with Crippen molar-refractivity contribution >= 4 is 0 Å². The average molecular weight is 340 g/mol. The molecule has 0 amide bonds. The Morgan fingerprint density at radius 2 is 1.44 bits per heavy atom. The predicted octanol–water partition coefficient (Wildman–Crippen LogP) is 3.48. The van der Waals surface area contributed by atoms with Crippen LogP contribution in [-0.4, -0.2) is 44.7 Å². The summed E-state index contributed by atoms with van der Waals surface area (Å²) in [5.41, 5.74) is 3.69. The van der Waals surface area contributed by atoms with E-state index in [-0.39, 0.29) is 12.2 Å². The molecule has 0 aromatic heterocycles. The standard InChI is InChI=1S/C21H24O4/c1-15(22-11-20-13-24-20)10-16-2-4-17(5-3-16)18-6-8-19(9-7-18)23-12-21-14-25-21/h2-9,15,20-21H,10-14H2,1H3. The van der Waals surface area contributed by atoms with Crippen molar-refractivity contribution in [3.63, 3.8) is 0 Å². The van der Waals surface area contributed by atoms with Crippen LogP contribution in [0.5, 0.6) is 5.75 Å². The summed E-state index contributed by atoms with van der Waals surface area (Å²) >= 11 is 0. The third kappa shape index (κ3) is 5.05. The van der Waals surface area contributed by atoms with Gasteiger partial charge in [-0.25, -0.2) is 0 Å². The third-order valence-corrected chi connectivity index (χ3v) is 4.47. The maximum absolute atomic E-state index is 5.79. The summed E-state index contributed by atoms with van der Waals surface area (Å²) in [5.74, 6) is 0.890. The molecule has 2 fully saturated rings. The Kier molecular flexibility index (Phi) is 5.02. The molecule has 4 heteroatoms. The molecule has 132 valence electrons. The fraction of sp³-hybridized carbons (Fsp3) is 0.429. The number of hydrogen-bond donors (Lipinski definition) is 0. The molecule has 2 aliphatic heterocycles. The minimum atomic E-state index is 0.210. The third-order valence-electron chi connectivity index (χ3n) is 4.47. The van der Waals surface area contributed by atoms with Gasteiger partial charge < -0.3 is 18.9 Å². The van der Waals surface area contributed by atoms with E-state index in [0.717, 1.165) is 25.4 Å². The predicted molar refractivity (Wildman–Crippen MR) is 96.0 cm³/mol. The number of rotatable bonds is 9. The molecule has 0 N–H and O–H groups in total. The van der Waals surface area contributed by atoms with E-state index < -0.39 is 0 Å². The van der Waals surface area contributed by atoms with Crippen molar-refractivity contribution in [3.8, 4) is 16.9 Å². The maximum Gasteiger partial charge on any atom is 0.119 e. The second-order valence-corrected chi connectivity index (χ2v) is 6.79. The zero-order chi connectivity index (χ0) is 17.1. The van der Waals surface area contributed by atoms with Crippen molar-refractivity contribution in [2.75, 3.05) is 26.4 Å². The van der Waals surface area contributed by atoms with Gasteiger partial charge in [0.15, 0.2) is 0 Å². The lowest BCUT2D eigenvalue weighted by Crippen LogP contribution is -2.15. The summed E-state index contributed by atoms with van der Waals surface area (Å²) in [6, 6.07) is 16.9. The fourth-order valence-electron chi connectivity index (χ4n) is 2.76. The number of ether oxygens (including phenoxy) is 4. The van der Waals surface area contributed by atoms with E-state index in [2.05, 4.69) is 43.3 Å². The Morgan fingerprint density at radius 3 is 2.04 bits per heavy atom. The van der Waals surface area contributed by atoms with E-state index in [1.54, 1.807) is 0 Å². The van der Waals surface area contributed by atoms with Gasteiger partial charge >= 0.3 is 0 Å². The minimum Gasteiger partial charge on any atom is -0.491 e. The zero-order valence-electron chi connectivity index (χ0n) is 14.5. The second-order valence-electron chi connectivity index (χ2n) is 6.79. The highest BCUT2D eigenvalue weighted by molar-refractivity contribution is 5.64. The van der Waals surface area contributed by atoms with Crippen LogP contribution in [0, 0.1) is 0 Å². The minimum absolute atomic E-state index is 0.210. The van der Waals surface area contributed by atoms with Crippen molar-refractivity contribution in [2.45, 2.75) is 31.7 Å². The van der Waals surface area contributed by atoms with Crippen molar-refractivity contribution < 1.29 is 18.9 Å². The lowest BCUT2D eigenvalue weighted by atomic mass is 10.0. The van der Waals surface area contributed by atoms with Gasteiger partial charge in [0, 0.05) is 0 Å². The molecule has 3 atom stereocenters. The molecule has 2 aliphatic rings. The SMILES string of the molecule is CC(Cc1ccc(-c2ccc(OCC3CO3)cc2)cc1)OCC1CO1. The molecule has 0 saturated carbocycles. The smallest absolute Gasteiger partial charge is 0.119 e. The number of benzene rings is 2. The molecule has 2 aromatic carbocycles. The van der Waals surface area contributed by atoms with Crippen molar-refractivity contribution in [2.24, 2.45) is 0 Å². The first-order valence-electron chi connectivity index (χ1n) is 8.93. The van der Waals surface area contributed by atoms with Gasteiger partial charge in [0.2, 0.25) is 0 Å². The van der Waals surface area contributed by atoms with Crippen molar-refractivity contribution in [1.82, 2.24) is 0 Å². The van der Waals surface area contributed by atoms with Gasteiger partial charge in [0.1, 0.15) is 24.6 Å². The van der Waals surface area contributed by atoms with Crippen LogP contribution in [0.1, 0.15) is 12.5 Å². The highest BCUT2D eigenvalue weighted by Crippen LogP contribution is 2.24. The monoisotopic (exact) mass is 340 g/mol. The van der Waals surface area contributed by atoms with E-state index in [9.17, 15) is 0 Å². The molecule has 4 nitrogen and oxygen atoms in total. The summed E-state index contributed by atoms with van der Waals surface area (Å²) in [4.78, 5) is 0. The Morgan fingerprint density at radius 1 is 0.880 bits per heavy atom. The van der Waals surface area contributed by atoms with Crippen molar-refractivity contribution in [3.05, 3.63) is 54.1 Å². The Labute approximate surface area is 148 Å². The lowest BCUT2D eigenvalue weighted by molar-refractivity contribution is 0.0548. The van der Waals surface area contributed by atoms with Gasteiger partial charge in [-0.1, -0.05) is 36.4 Å². The van der Waals surface area contributed by atoms with Crippen LogP contribution in [0.25, 0.3) is 11.1 Å². The second kappa shape index (κ2) is 7.56.